The molecule has 0 spiro atoms. The normalized spacial score (nSPS) is 13.9. The number of rotatable bonds is 3. The van der Waals surface area contributed by atoms with Crippen molar-refractivity contribution in [1.29, 1.82) is 0 Å². The molecule has 0 saturated carbocycles. The van der Waals surface area contributed by atoms with Crippen LogP contribution in [0.15, 0.2) is 36.0 Å². The molecule has 0 saturated heterocycles. The SMILES string of the molecule is O=C(O)c1ccc2c(c1)N(Cc1cn3ccsc3n1)C(=O)CO2. The number of aromatic nitrogens is 2. The maximum Gasteiger partial charge on any atom is 0.335 e. The van der Waals surface area contributed by atoms with E-state index >= 15 is 0 Å². The average molecular weight is 329 g/mol. The average Bonchev–Trinajstić information content (AvgIpc) is 3.10. The Morgan fingerprint density at radius 2 is 2.30 bits per heavy atom. The van der Waals surface area contributed by atoms with Crippen LogP contribution < -0.4 is 9.64 Å². The topological polar surface area (TPSA) is 84.1 Å². The summed E-state index contributed by atoms with van der Waals surface area (Å²) >= 11 is 1.51. The third kappa shape index (κ3) is 2.33. The lowest BCUT2D eigenvalue weighted by atomic mass is 10.1. The van der Waals surface area contributed by atoms with Crippen LogP contribution in [0.3, 0.4) is 0 Å². The standard InChI is InChI=1S/C15H11N3O4S/c19-13-8-22-12-2-1-9(14(20)21)5-11(12)18(13)7-10-6-17-3-4-23-15(17)16-10/h1-6H,7-8H2,(H,20,21). The second-order valence-electron chi connectivity index (χ2n) is 5.08. The highest BCUT2D eigenvalue weighted by atomic mass is 32.1. The first-order valence-corrected chi connectivity index (χ1v) is 7.71. The van der Waals surface area contributed by atoms with Crippen molar-refractivity contribution in [2.45, 2.75) is 6.54 Å². The molecule has 4 rings (SSSR count). The van der Waals surface area contributed by atoms with Crippen LogP contribution >= 0.6 is 11.3 Å². The highest BCUT2D eigenvalue weighted by Gasteiger charge is 2.27. The van der Waals surface area contributed by atoms with E-state index < -0.39 is 5.97 Å². The first-order chi connectivity index (χ1) is 11.1. The minimum absolute atomic E-state index is 0.0678. The summed E-state index contributed by atoms with van der Waals surface area (Å²) in [4.78, 5) is 30.2. The third-order valence-corrected chi connectivity index (χ3v) is 4.38. The Labute approximate surface area is 134 Å². The Morgan fingerprint density at radius 3 is 3.09 bits per heavy atom. The number of nitrogens with zero attached hydrogens (tertiary/aromatic N) is 3. The van der Waals surface area contributed by atoms with Gasteiger partial charge in [-0.3, -0.25) is 14.1 Å². The van der Waals surface area contributed by atoms with Crippen molar-refractivity contribution in [3.63, 3.8) is 0 Å². The molecule has 0 bridgehead atoms. The van der Waals surface area contributed by atoms with Gasteiger partial charge in [0, 0.05) is 17.8 Å². The number of anilines is 1. The molecule has 1 N–H and O–H groups in total. The van der Waals surface area contributed by atoms with Crippen molar-refractivity contribution < 1.29 is 19.4 Å². The molecule has 0 unspecified atom stereocenters. The summed E-state index contributed by atoms with van der Waals surface area (Å²) in [6.07, 6.45) is 3.75. The summed E-state index contributed by atoms with van der Waals surface area (Å²) in [7, 11) is 0. The summed E-state index contributed by atoms with van der Waals surface area (Å²) in [5.41, 5.74) is 1.30. The van der Waals surface area contributed by atoms with Crippen LogP contribution in [0, 0.1) is 0 Å². The summed E-state index contributed by atoms with van der Waals surface area (Å²) in [6, 6.07) is 4.48. The van der Waals surface area contributed by atoms with E-state index in [1.54, 1.807) is 6.07 Å². The van der Waals surface area contributed by atoms with Crippen molar-refractivity contribution >= 4 is 33.9 Å². The number of carboxylic acid groups (broad SMARTS) is 1. The van der Waals surface area contributed by atoms with Gasteiger partial charge in [-0.2, -0.15) is 0 Å². The van der Waals surface area contributed by atoms with Crippen LogP contribution in [0.25, 0.3) is 4.96 Å². The van der Waals surface area contributed by atoms with Crippen LogP contribution in [0.1, 0.15) is 16.1 Å². The van der Waals surface area contributed by atoms with Crippen molar-refractivity contribution in [1.82, 2.24) is 9.38 Å². The van der Waals surface area contributed by atoms with Gasteiger partial charge in [0.15, 0.2) is 11.6 Å². The Morgan fingerprint density at radius 1 is 1.43 bits per heavy atom. The van der Waals surface area contributed by atoms with Crippen LogP contribution in [-0.4, -0.2) is 33.0 Å². The lowest BCUT2D eigenvalue weighted by molar-refractivity contribution is -0.121. The Hall–Kier alpha value is -2.87. The van der Waals surface area contributed by atoms with Gasteiger partial charge in [-0.25, -0.2) is 9.78 Å². The van der Waals surface area contributed by atoms with Crippen LogP contribution in [-0.2, 0) is 11.3 Å². The Kier molecular flexibility index (Phi) is 3.05. The van der Waals surface area contributed by atoms with Gasteiger partial charge in [0.05, 0.1) is 23.5 Å². The molecule has 3 aromatic rings. The Bertz CT molecular complexity index is 901. The van der Waals surface area contributed by atoms with E-state index in [9.17, 15) is 9.59 Å². The molecule has 7 nitrogen and oxygen atoms in total. The lowest BCUT2D eigenvalue weighted by Gasteiger charge is -2.29. The smallest absolute Gasteiger partial charge is 0.335 e. The van der Waals surface area contributed by atoms with Gasteiger partial charge >= 0.3 is 5.97 Å². The number of hydrogen-bond acceptors (Lipinski definition) is 5. The quantitative estimate of drug-likeness (QED) is 0.795. The van der Waals surface area contributed by atoms with Crippen molar-refractivity contribution in [3.05, 3.63) is 47.2 Å². The zero-order chi connectivity index (χ0) is 16.0. The Balaban J connectivity index is 1.73. The summed E-state index contributed by atoms with van der Waals surface area (Å²) < 4.78 is 7.26. The molecular formula is C15H11N3O4S. The monoisotopic (exact) mass is 329 g/mol. The highest BCUT2D eigenvalue weighted by molar-refractivity contribution is 7.15. The van der Waals surface area contributed by atoms with Crippen LogP contribution in [0.4, 0.5) is 5.69 Å². The first kappa shape index (κ1) is 13.8. The molecule has 0 fully saturated rings. The molecule has 23 heavy (non-hydrogen) atoms. The largest absolute Gasteiger partial charge is 0.482 e. The summed E-state index contributed by atoms with van der Waals surface area (Å²) in [5.74, 6) is -0.778. The fourth-order valence-electron chi connectivity index (χ4n) is 2.52. The number of ether oxygens (including phenoxy) is 1. The zero-order valence-corrected chi connectivity index (χ0v) is 12.6. The number of carbonyl (C=O) groups excluding carboxylic acids is 1. The van der Waals surface area contributed by atoms with E-state index in [1.807, 2.05) is 22.2 Å². The van der Waals surface area contributed by atoms with Gasteiger partial charge in [0.25, 0.3) is 5.91 Å². The second-order valence-corrected chi connectivity index (χ2v) is 5.95. The van der Waals surface area contributed by atoms with E-state index in [2.05, 4.69) is 4.98 Å². The molecule has 3 heterocycles. The molecule has 1 amide bonds. The maximum atomic E-state index is 12.2. The highest BCUT2D eigenvalue weighted by Crippen LogP contribution is 2.34. The van der Waals surface area contributed by atoms with Crippen LogP contribution in [0.2, 0.25) is 0 Å². The van der Waals surface area contributed by atoms with Gasteiger partial charge in [0.2, 0.25) is 0 Å². The fraction of sp³-hybridized carbons (Fsp3) is 0.133. The number of carboxylic acids is 1. The van der Waals surface area contributed by atoms with E-state index in [0.717, 1.165) is 10.7 Å². The van der Waals surface area contributed by atoms with Gasteiger partial charge in [-0.15, -0.1) is 11.3 Å². The maximum absolute atomic E-state index is 12.2. The molecule has 8 heteroatoms. The minimum atomic E-state index is -1.05. The predicted molar refractivity (Wildman–Crippen MR) is 83.2 cm³/mol. The molecule has 0 atom stereocenters. The number of amides is 1. The molecule has 116 valence electrons. The zero-order valence-electron chi connectivity index (χ0n) is 11.8. The van der Waals surface area contributed by atoms with Crippen LogP contribution in [0.5, 0.6) is 5.75 Å². The van der Waals surface area contributed by atoms with Gasteiger partial charge < -0.3 is 9.84 Å². The molecule has 2 aromatic heterocycles. The van der Waals surface area contributed by atoms with E-state index in [1.165, 1.54) is 28.4 Å². The molecule has 1 aromatic carbocycles. The number of thiazole rings is 1. The third-order valence-electron chi connectivity index (χ3n) is 3.61. The number of hydrogen-bond donors (Lipinski definition) is 1. The molecular weight excluding hydrogens is 318 g/mol. The minimum Gasteiger partial charge on any atom is -0.482 e. The number of imidazole rings is 1. The second kappa shape index (κ2) is 5.10. The van der Waals surface area contributed by atoms with E-state index in [4.69, 9.17) is 9.84 Å². The number of aromatic carboxylic acids is 1. The molecule has 0 aliphatic carbocycles. The first-order valence-electron chi connectivity index (χ1n) is 6.83. The van der Waals surface area contributed by atoms with Gasteiger partial charge in [-0.05, 0) is 18.2 Å². The summed E-state index contributed by atoms with van der Waals surface area (Å²) in [6.45, 7) is 0.203. The van der Waals surface area contributed by atoms with Gasteiger partial charge in [0.1, 0.15) is 5.75 Å². The number of fused-ring (bicyclic) bond motifs is 2. The molecule has 0 radical (unpaired) electrons. The van der Waals surface area contributed by atoms with E-state index in [-0.39, 0.29) is 24.6 Å². The number of benzene rings is 1. The number of carbonyl (C=O) groups is 2. The molecule has 1 aliphatic rings. The lowest BCUT2D eigenvalue weighted by Crippen LogP contribution is -2.38. The summed E-state index contributed by atoms with van der Waals surface area (Å²) in [5, 5.41) is 11.1. The van der Waals surface area contributed by atoms with Gasteiger partial charge in [-0.1, -0.05) is 0 Å². The van der Waals surface area contributed by atoms with Crippen molar-refractivity contribution in [2.75, 3.05) is 11.5 Å². The fourth-order valence-corrected chi connectivity index (χ4v) is 3.24. The predicted octanol–water partition coefficient (Wildman–Crippen LogP) is 2.02. The molecule has 1 aliphatic heterocycles. The van der Waals surface area contributed by atoms with E-state index in [0.29, 0.717) is 11.4 Å². The van der Waals surface area contributed by atoms with Crippen molar-refractivity contribution in [2.24, 2.45) is 0 Å². The van der Waals surface area contributed by atoms with Crippen molar-refractivity contribution in [3.8, 4) is 5.75 Å².